The lowest BCUT2D eigenvalue weighted by Crippen LogP contribution is -2.64. The van der Waals surface area contributed by atoms with Crippen LogP contribution in [-0.4, -0.2) is 47.4 Å². The van der Waals surface area contributed by atoms with Crippen molar-refractivity contribution < 1.29 is 29.6 Å². The molecule has 8 atom stereocenters. The smallest absolute Gasteiger partial charge is 0.463 e. The number of benzene rings is 2. The maximum atomic E-state index is 9.77. The summed E-state index contributed by atoms with van der Waals surface area (Å²) in [5, 5.41) is 34.7. The van der Waals surface area contributed by atoms with Gasteiger partial charge in [0.1, 0.15) is 6.61 Å². The predicted octanol–water partition coefficient (Wildman–Crippen LogP) is 14.1. The van der Waals surface area contributed by atoms with Crippen LogP contribution in [0.4, 0.5) is 0 Å². The lowest BCUT2D eigenvalue weighted by Gasteiger charge is -2.72. The second-order valence-electron chi connectivity index (χ2n) is 20.2. The first kappa shape index (κ1) is 61.6. The van der Waals surface area contributed by atoms with Crippen LogP contribution >= 0.6 is 0 Å². The lowest BCUT2D eigenvalue weighted by molar-refractivity contribution is -0.221. The minimum atomic E-state index is -1.40. The van der Waals surface area contributed by atoms with Crippen LogP contribution in [0.5, 0.6) is 0 Å². The summed E-state index contributed by atoms with van der Waals surface area (Å²) in [7, 11) is -2.75. The predicted molar refractivity (Wildman–Crippen MR) is 291 cm³/mol. The van der Waals surface area contributed by atoms with E-state index in [0.717, 1.165) is 42.1 Å². The first-order valence-corrected chi connectivity index (χ1v) is 26.0. The van der Waals surface area contributed by atoms with Gasteiger partial charge in [-0.2, -0.15) is 0 Å². The first-order valence-electron chi connectivity index (χ1n) is 26.0. The minimum absolute atomic E-state index is 0.113. The summed E-state index contributed by atoms with van der Waals surface area (Å²) in [6, 6.07) is 18.2. The maximum absolute atomic E-state index is 9.77. The van der Waals surface area contributed by atoms with Gasteiger partial charge in [0.05, 0.1) is 0 Å². The quantitative estimate of drug-likeness (QED) is 0.131. The lowest BCUT2D eigenvalue weighted by atomic mass is 9.33. The van der Waals surface area contributed by atoms with Crippen LogP contribution in [0, 0.1) is 57.7 Å². The summed E-state index contributed by atoms with van der Waals surface area (Å²) in [5.41, 5.74) is 7.74. The second-order valence-corrected chi connectivity index (χ2v) is 20.2. The molecular formula is C59H96B2O6. The number of allylic oxidation sites excluding steroid dienone is 5. The fourth-order valence-corrected chi connectivity index (χ4v) is 13.3. The molecule has 6 nitrogen and oxygen atoms in total. The number of hydrogen-bond acceptors (Lipinski definition) is 6. The van der Waals surface area contributed by atoms with Crippen molar-refractivity contribution in [1.82, 2.24) is 0 Å². The highest BCUT2D eigenvalue weighted by molar-refractivity contribution is 6.58. The van der Waals surface area contributed by atoms with E-state index in [1.54, 1.807) is 6.08 Å². The van der Waals surface area contributed by atoms with Gasteiger partial charge in [-0.15, -0.1) is 13.2 Å². The molecule has 0 bridgehead atoms. The highest BCUT2D eigenvalue weighted by atomic mass is 16.5. The van der Waals surface area contributed by atoms with Crippen LogP contribution in [0.1, 0.15) is 178 Å². The van der Waals surface area contributed by atoms with Crippen molar-refractivity contribution in [2.45, 2.75) is 174 Å². The molecule has 6 aliphatic carbocycles. The van der Waals surface area contributed by atoms with E-state index < -0.39 is 14.2 Å². The molecule has 67 heavy (non-hydrogen) atoms. The molecule has 6 aliphatic rings. The average Bonchev–Trinajstić information content (AvgIpc) is 3.73. The molecule has 4 N–H and O–H groups in total. The normalized spacial score (nSPS) is 29.6. The highest BCUT2D eigenvalue weighted by Crippen LogP contribution is 2.77. The van der Waals surface area contributed by atoms with E-state index >= 15 is 0 Å². The minimum Gasteiger partial charge on any atom is -0.463 e. The van der Waals surface area contributed by atoms with Crippen LogP contribution in [0.3, 0.4) is 0 Å². The van der Waals surface area contributed by atoms with E-state index in [4.69, 9.17) is 10.0 Å². The Morgan fingerprint density at radius 2 is 1.31 bits per heavy atom. The van der Waals surface area contributed by atoms with Gasteiger partial charge in [-0.1, -0.05) is 186 Å². The Labute approximate surface area is 411 Å². The third kappa shape index (κ3) is 15.3. The van der Waals surface area contributed by atoms with E-state index in [9.17, 15) is 14.8 Å². The SMILES string of the molecule is C=CB(O)O.C=CC.CC.CC.CC.CC1(C)C(c2ccc(B(O)O)cc2)=CCC2(C)C1CCC1(C)C2CCC2[C@H]3CCCC3(C)CC[C@]21C.Cc1ccccc1.O=COCC1=CCCC=C1. The summed E-state index contributed by atoms with van der Waals surface area (Å²) in [5.74, 6) is 4.42. The van der Waals surface area contributed by atoms with Crippen molar-refractivity contribution in [2.75, 3.05) is 6.61 Å². The Kier molecular flexibility index (Phi) is 27.2. The molecule has 0 amide bonds. The molecule has 2 aromatic carbocycles. The van der Waals surface area contributed by atoms with Gasteiger partial charge in [-0.05, 0) is 157 Å². The van der Waals surface area contributed by atoms with Crippen LogP contribution in [0.25, 0.3) is 5.57 Å². The van der Waals surface area contributed by atoms with Crippen molar-refractivity contribution >= 4 is 31.7 Å². The highest BCUT2D eigenvalue weighted by Gasteiger charge is 2.68. The molecule has 0 heterocycles. The molecule has 4 fully saturated rings. The average molecular weight is 923 g/mol. The van der Waals surface area contributed by atoms with E-state index in [1.165, 1.54) is 80.9 Å². The Bertz CT molecular complexity index is 1820. The summed E-state index contributed by atoms with van der Waals surface area (Å²) in [6.45, 7) is 39.1. The maximum Gasteiger partial charge on any atom is 0.488 e. The van der Waals surface area contributed by atoms with Gasteiger partial charge in [-0.25, -0.2) is 0 Å². The summed E-state index contributed by atoms with van der Waals surface area (Å²) >= 11 is 0. The van der Waals surface area contributed by atoms with Crippen LogP contribution in [0.15, 0.2) is 110 Å². The zero-order valence-electron chi connectivity index (χ0n) is 44.9. The fourth-order valence-electron chi connectivity index (χ4n) is 13.3. The van der Waals surface area contributed by atoms with Crippen LogP contribution in [0.2, 0.25) is 0 Å². The van der Waals surface area contributed by atoms with Gasteiger partial charge >= 0.3 is 14.2 Å². The van der Waals surface area contributed by atoms with Crippen LogP contribution in [-0.2, 0) is 9.53 Å². The molecule has 374 valence electrons. The molecular weight excluding hydrogens is 826 g/mol. The Morgan fingerprint density at radius 1 is 0.716 bits per heavy atom. The van der Waals surface area contributed by atoms with Crippen molar-refractivity contribution in [3.8, 4) is 0 Å². The Hall–Kier alpha value is -3.42. The number of hydrogen-bond donors (Lipinski definition) is 4. The summed E-state index contributed by atoms with van der Waals surface area (Å²) < 4.78 is 4.57. The molecule has 8 rings (SSSR count). The molecule has 4 saturated carbocycles. The third-order valence-electron chi connectivity index (χ3n) is 16.4. The van der Waals surface area contributed by atoms with E-state index in [0.29, 0.717) is 46.1 Å². The monoisotopic (exact) mass is 923 g/mol. The third-order valence-corrected chi connectivity index (χ3v) is 16.4. The molecule has 0 aromatic heterocycles. The topological polar surface area (TPSA) is 107 Å². The number of carbonyl (C=O) groups is 1. The number of aryl methyl sites for hydroxylation is 1. The van der Waals surface area contributed by atoms with Gasteiger partial charge in [0.2, 0.25) is 0 Å². The molecule has 6 unspecified atom stereocenters. The van der Waals surface area contributed by atoms with Gasteiger partial charge in [0.15, 0.2) is 0 Å². The van der Waals surface area contributed by atoms with Crippen LogP contribution < -0.4 is 5.46 Å². The van der Waals surface area contributed by atoms with E-state index in [1.807, 2.05) is 84.9 Å². The van der Waals surface area contributed by atoms with Crippen molar-refractivity contribution in [3.05, 3.63) is 121 Å². The Morgan fingerprint density at radius 3 is 1.81 bits per heavy atom. The van der Waals surface area contributed by atoms with Gasteiger partial charge < -0.3 is 24.8 Å². The molecule has 0 saturated heterocycles. The number of rotatable bonds is 6. The second kappa shape index (κ2) is 29.6. The Balaban J connectivity index is 0.000000588. The van der Waals surface area contributed by atoms with Crippen molar-refractivity contribution in [1.29, 1.82) is 0 Å². The van der Waals surface area contributed by atoms with Crippen molar-refractivity contribution in [3.63, 3.8) is 0 Å². The summed E-state index contributed by atoms with van der Waals surface area (Å²) in [6.07, 6.45) is 26.8. The molecule has 0 aliphatic heterocycles. The fraction of sp³-hybridized carbons (Fsp3) is 0.610. The number of ether oxygens (including phenoxy) is 1. The van der Waals surface area contributed by atoms with E-state index in [2.05, 4.69) is 109 Å². The van der Waals surface area contributed by atoms with Gasteiger partial charge in [0.25, 0.3) is 6.47 Å². The molecule has 8 heteroatoms. The molecule has 2 aromatic rings. The first-order chi connectivity index (χ1) is 31.9. The molecule has 0 radical (unpaired) electrons. The van der Waals surface area contributed by atoms with Crippen molar-refractivity contribution in [2.24, 2.45) is 50.7 Å². The largest absolute Gasteiger partial charge is 0.488 e. The number of carbonyl (C=O) groups excluding carboxylic acids is 1. The summed E-state index contributed by atoms with van der Waals surface area (Å²) in [4.78, 5) is 9.77. The van der Waals surface area contributed by atoms with E-state index in [-0.39, 0.29) is 5.41 Å². The number of fused-ring (bicyclic) bond motifs is 7. The zero-order chi connectivity index (χ0) is 51.1. The molecule has 0 spiro atoms. The standard InChI is InChI=1S/C33H49BO2.C8H10O2.C7H8.C3H6.C2H5BO2.3C2H6/c1-29(2)24(22-9-11-23(12-10-22)34(35)36)15-18-31(4)27(29)16-19-33(6)28(31)14-13-26-25-8-7-17-30(25,3)20-21-32(26,33)5;9-7-10-6-8-4-2-1-3-5-8;1-7-5-3-2-4-6-7;1-3-2;1-2-3(4)5;3*1-2/h9-12,15,25-28,35-36H,7-8,13-14,16-21H2,1-6H3;2,4-5,7H,1,3,6H2;2-6H,1H3;3H,1H2,2H3;2,4-5H,1H2;3*1-2H3/t25-,26?,27?,28?,30?,31?,32-,33?;;;;;;;/m1......./s1. The zero-order valence-corrected chi connectivity index (χ0v) is 44.9. The van der Waals surface area contributed by atoms with Gasteiger partial charge in [0, 0.05) is 0 Å². The van der Waals surface area contributed by atoms with Gasteiger partial charge in [-0.3, -0.25) is 4.79 Å².